The monoisotopic (exact) mass is 252 g/mol. The molecule has 102 valence electrons. The Morgan fingerprint density at radius 1 is 1.61 bits per heavy atom. The second-order valence-corrected chi connectivity index (χ2v) is 5.13. The third kappa shape index (κ3) is 4.08. The highest BCUT2D eigenvalue weighted by Gasteiger charge is 2.14. The summed E-state index contributed by atoms with van der Waals surface area (Å²) in [6.07, 6.45) is 5.04. The third-order valence-corrected chi connectivity index (χ3v) is 3.46. The molecule has 0 radical (unpaired) electrons. The van der Waals surface area contributed by atoms with Gasteiger partial charge in [0.15, 0.2) is 0 Å². The quantitative estimate of drug-likeness (QED) is 0.717. The molecule has 0 saturated carbocycles. The van der Waals surface area contributed by atoms with E-state index in [1.54, 1.807) is 0 Å². The zero-order valence-electron chi connectivity index (χ0n) is 11.4. The van der Waals surface area contributed by atoms with Crippen molar-refractivity contribution in [3.63, 3.8) is 0 Å². The van der Waals surface area contributed by atoms with Gasteiger partial charge in [-0.15, -0.1) is 0 Å². The molecule has 0 aliphatic carbocycles. The first-order valence-electron chi connectivity index (χ1n) is 6.69. The molecular weight excluding hydrogens is 228 g/mol. The van der Waals surface area contributed by atoms with Crippen LogP contribution in [0.25, 0.3) is 0 Å². The molecule has 1 aromatic heterocycles. The first-order chi connectivity index (χ1) is 8.75. The minimum Gasteiger partial charge on any atom is -0.381 e. The molecule has 1 unspecified atom stereocenters. The van der Waals surface area contributed by atoms with Gasteiger partial charge in [-0.05, 0) is 19.4 Å². The molecule has 1 fully saturated rings. The second kappa shape index (κ2) is 6.87. The van der Waals surface area contributed by atoms with Crippen molar-refractivity contribution in [2.75, 3.05) is 39.9 Å². The lowest BCUT2D eigenvalue weighted by Gasteiger charge is -2.17. The highest BCUT2D eigenvalue weighted by molar-refractivity contribution is 4.90. The number of hydrogen-bond acceptors (Lipinski definition) is 4. The number of imidazole rings is 1. The maximum Gasteiger partial charge on any atom is 0.122 e. The Morgan fingerprint density at radius 3 is 3.17 bits per heavy atom. The maximum absolute atomic E-state index is 5.36. The summed E-state index contributed by atoms with van der Waals surface area (Å²) < 4.78 is 7.43. The summed E-state index contributed by atoms with van der Waals surface area (Å²) in [6, 6.07) is 0. The lowest BCUT2D eigenvalue weighted by Crippen LogP contribution is -2.32. The third-order valence-electron chi connectivity index (χ3n) is 3.46. The summed E-state index contributed by atoms with van der Waals surface area (Å²) in [7, 11) is 4.17. The minimum absolute atomic E-state index is 0.713. The van der Waals surface area contributed by atoms with Gasteiger partial charge in [0, 0.05) is 45.7 Å². The lowest BCUT2D eigenvalue weighted by atomic mass is 10.1. The molecule has 0 amide bonds. The van der Waals surface area contributed by atoms with Gasteiger partial charge in [0.2, 0.25) is 0 Å². The highest BCUT2D eigenvalue weighted by atomic mass is 16.5. The van der Waals surface area contributed by atoms with E-state index < -0.39 is 0 Å². The summed E-state index contributed by atoms with van der Waals surface area (Å²) in [5, 5.41) is 3.50. The zero-order chi connectivity index (χ0) is 12.8. The maximum atomic E-state index is 5.36. The van der Waals surface area contributed by atoms with Gasteiger partial charge in [-0.3, -0.25) is 4.90 Å². The predicted octanol–water partition coefficient (Wildman–Crippen LogP) is 0.478. The van der Waals surface area contributed by atoms with Crippen molar-refractivity contribution in [3.05, 3.63) is 18.2 Å². The average Bonchev–Trinajstić information content (AvgIpc) is 2.98. The van der Waals surface area contributed by atoms with Gasteiger partial charge >= 0.3 is 0 Å². The molecule has 0 spiro atoms. The average molecular weight is 252 g/mol. The van der Waals surface area contributed by atoms with E-state index in [1.807, 2.05) is 19.4 Å². The van der Waals surface area contributed by atoms with Crippen molar-refractivity contribution < 1.29 is 4.74 Å². The van der Waals surface area contributed by atoms with Crippen molar-refractivity contribution in [1.29, 1.82) is 0 Å². The summed E-state index contributed by atoms with van der Waals surface area (Å²) >= 11 is 0. The summed E-state index contributed by atoms with van der Waals surface area (Å²) in [5.41, 5.74) is 0. The van der Waals surface area contributed by atoms with Crippen LogP contribution in [0, 0.1) is 5.92 Å². The van der Waals surface area contributed by atoms with E-state index in [4.69, 9.17) is 4.74 Å². The van der Waals surface area contributed by atoms with E-state index in [2.05, 4.69) is 26.8 Å². The predicted molar refractivity (Wildman–Crippen MR) is 71.3 cm³/mol. The first-order valence-corrected chi connectivity index (χ1v) is 6.69. The van der Waals surface area contributed by atoms with Crippen molar-refractivity contribution in [1.82, 2.24) is 19.8 Å². The molecule has 18 heavy (non-hydrogen) atoms. The van der Waals surface area contributed by atoms with Gasteiger partial charge < -0.3 is 14.6 Å². The SMILES string of the molecule is CN(CCNCC1CCOC1)Cc1nccn1C. The van der Waals surface area contributed by atoms with Crippen LogP contribution >= 0.6 is 0 Å². The molecule has 1 saturated heterocycles. The van der Waals surface area contributed by atoms with Gasteiger partial charge in [0.25, 0.3) is 0 Å². The number of nitrogens with one attached hydrogen (secondary N) is 1. The van der Waals surface area contributed by atoms with Gasteiger partial charge in [-0.1, -0.05) is 0 Å². The number of nitrogens with zero attached hydrogens (tertiary/aromatic N) is 3. The number of ether oxygens (including phenoxy) is 1. The second-order valence-electron chi connectivity index (χ2n) is 5.13. The van der Waals surface area contributed by atoms with E-state index >= 15 is 0 Å². The van der Waals surface area contributed by atoms with Crippen LogP contribution in [0.3, 0.4) is 0 Å². The van der Waals surface area contributed by atoms with Gasteiger partial charge in [-0.2, -0.15) is 0 Å². The van der Waals surface area contributed by atoms with E-state index in [0.717, 1.165) is 45.2 Å². The molecule has 5 heteroatoms. The molecule has 2 heterocycles. The Kier molecular flexibility index (Phi) is 5.16. The molecule has 1 atom stereocenters. The highest BCUT2D eigenvalue weighted by Crippen LogP contribution is 2.10. The molecule has 5 nitrogen and oxygen atoms in total. The topological polar surface area (TPSA) is 42.3 Å². The van der Waals surface area contributed by atoms with E-state index in [0.29, 0.717) is 5.92 Å². The molecule has 1 aliphatic rings. The zero-order valence-corrected chi connectivity index (χ0v) is 11.4. The number of aromatic nitrogens is 2. The summed E-state index contributed by atoms with van der Waals surface area (Å²) in [6.45, 7) is 5.91. The Hall–Kier alpha value is -0.910. The Morgan fingerprint density at radius 2 is 2.50 bits per heavy atom. The van der Waals surface area contributed by atoms with Crippen LogP contribution in [0.2, 0.25) is 0 Å². The fraction of sp³-hybridized carbons (Fsp3) is 0.769. The van der Waals surface area contributed by atoms with E-state index in [1.165, 1.54) is 6.42 Å². The van der Waals surface area contributed by atoms with Crippen LogP contribution in [0.4, 0.5) is 0 Å². The number of likely N-dealkylation sites (N-methyl/N-ethyl adjacent to an activating group) is 1. The largest absolute Gasteiger partial charge is 0.381 e. The molecule has 1 aliphatic heterocycles. The van der Waals surface area contributed by atoms with Gasteiger partial charge in [0.05, 0.1) is 13.2 Å². The van der Waals surface area contributed by atoms with Gasteiger partial charge in [-0.25, -0.2) is 4.98 Å². The van der Waals surface area contributed by atoms with Crippen LogP contribution in [-0.4, -0.2) is 54.3 Å². The summed E-state index contributed by atoms with van der Waals surface area (Å²) in [4.78, 5) is 6.62. The van der Waals surface area contributed by atoms with Crippen molar-refractivity contribution in [2.45, 2.75) is 13.0 Å². The molecule has 0 aromatic carbocycles. The number of hydrogen-bond donors (Lipinski definition) is 1. The molecular formula is C13H24N4O. The smallest absolute Gasteiger partial charge is 0.122 e. The van der Waals surface area contributed by atoms with Gasteiger partial charge in [0.1, 0.15) is 5.82 Å². The number of rotatable bonds is 7. The summed E-state index contributed by atoms with van der Waals surface area (Å²) in [5.74, 6) is 1.83. The fourth-order valence-electron chi connectivity index (χ4n) is 2.19. The number of aryl methyl sites for hydroxylation is 1. The van der Waals surface area contributed by atoms with Crippen molar-refractivity contribution in [3.8, 4) is 0 Å². The Balaban J connectivity index is 1.57. The van der Waals surface area contributed by atoms with Crippen LogP contribution in [-0.2, 0) is 18.3 Å². The molecule has 1 N–H and O–H groups in total. The van der Waals surface area contributed by atoms with Crippen LogP contribution < -0.4 is 5.32 Å². The van der Waals surface area contributed by atoms with Crippen LogP contribution in [0.1, 0.15) is 12.2 Å². The Labute approximate surface area is 109 Å². The van der Waals surface area contributed by atoms with Crippen molar-refractivity contribution in [2.24, 2.45) is 13.0 Å². The normalized spacial score (nSPS) is 19.8. The Bertz CT molecular complexity index is 347. The van der Waals surface area contributed by atoms with Crippen LogP contribution in [0.5, 0.6) is 0 Å². The van der Waals surface area contributed by atoms with E-state index in [-0.39, 0.29) is 0 Å². The minimum atomic E-state index is 0.713. The van der Waals surface area contributed by atoms with E-state index in [9.17, 15) is 0 Å². The lowest BCUT2D eigenvalue weighted by molar-refractivity contribution is 0.185. The molecule has 2 rings (SSSR count). The molecule has 0 bridgehead atoms. The standard InChI is InChI=1S/C13H24N4O/c1-16(10-13-15-5-7-17(13)2)6-4-14-9-12-3-8-18-11-12/h5,7,12,14H,3-4,6,8-11H2,1-2H3. The molecule has 1 aromatic rings. The fourth-order valence-corrected chi connectivity index (χ4v) is 2.19. The van der Waals surface area contributed by atoms with Crippen LogP contribution in [0.15, 0.2) is 12.4 Å². The first kappa shape index (κ1) is 13.5. The van der Waals surface area contributed by atoms with Crippen molar-refractivity contribution >= 4 is 0 Å².